The zero-order valence-electron chi connectivity index (χ0n) is 43.9. The van der Waals surface area contributed by atoms with E-state index in [1.54, 1.807) is 24.3 Å². The number of hydrogen-bond donors (Lipinski definition) is 0. The summed E-state index contributed by atoms with van der Waals surface area (Å²) in [6.45, 7) is 22.7. The minimum atomic E-state index is -0.265. The summed E-state index contributed by atoms with van der Waals surface area (Å²) in [6, 6.07) is 59.2. The Balaban J connectivity index is 1.16. The Morgan fingerprint density at radius 1 is 0.365 bits per heavy atom. The minimum Gasteiger partial charge on any atom is -0.310 e. The van der Waals surface area contributed by atoms with Gasteiger partial charge in [0.15, 0.2) is 0 Å². The van der Waals surface area contributed by atoms with Gasteiger partial charge >= 0.3 is 0 Å². The Hall–Kier alpha value is -7.96. The van der Waals surface area contributed by atoms with Gasteiger partial charge in [-0.2, -0.15) is 0 Å². The van der Waals surface area contributed by atoms with E-state index >= 15 is 0 Å². The normalized spacial score (nSPS) is 12.8. The van der Waals surface area contributed by atoms with Crippen LogP contribution in [0.25, 0.3) is 76.2 Å². The van der Waals surface area contributed by atoms with Gasteiger partial charge in [0, 0.05) is 65.8 Å². The Kier molecular flexibility index (Phi) is 10.1. The lowest BCUT2D eigenvalue weighted by Crippen LogP contribution is -2.12. The van der Waals surface area contributed by atoms with Gasteiger partial charge < -0.3 is 18.6 Å². The molecule has 6 heteroatoms. The lowest BCUT2D eigenvalue weighted by Gasteiger charge is -2.27. The van der Waals surface area contributed by atoms with E-state index in [4.69, 9.17) is 0 Å². The van der Waals surface area contributed by atoms with E-state index < -0.39 is 0 Å². The number of rotatable bonds is 8. The molecular weight excluding hydrogens is 911 g/mol. The van der Waals surface area contributed by atoms with Crippen LogP contribution in [0.15, 0.2) is 170 Å². The molecule has 0 saturated carbocycles. The first kappa shape index (κ1) is 45.9. The second kappa shape index (κ2) is 16.3. The summed E-state index contributed by atoms with van der Waals surface area (Å²) in [5.41, 5.74) is 17.7. The van der Waals surface area contributed by atoms with Crippen LogP contribution in [0.4, 0.5) is 42.9 Å². The summed E-state index contributed by atoms with van der Waals surface area (Å²) in [5.74, 6) is 0.240. The molecule has 0 unspecified atom stereocenters. The SMILES string of the molecule is CC(C)c1ccc(N(c2ccc(F)cc2)c2ccc3c4cc5c(cc4n4c6c(C(C)(C)C)cccc6c2c34)c2ccc(N(c3ccc(F)cc3)c3ccc(C(C)C)cc3)c3c4cccc(C(C)(C)C)c4n5c23)cc1. The second-order valence-electron chi connectivity index (χ2n) is 23.3. The molecule has 0 radical (unpaired) electrons. The van der Waals surface area contributed by atoms with E-state index in [1.807, 2.05) is 24.3 Å². The van der Waals surface area contributed by atoms with Crippen LogP contribution >= 0.6 is 0 Å². The Labute approximate surface area is 431 Å². The molecule has 0 spiro atoms. The summed E-state index contributed by atoms with van der Waals surface area (Å²) >= 11 is 0. The van der Waals surface area contributed by atoms with Crippen molar-refractivity contribution in [1.82, 2.24) is 8.80 Å². The molecule has 74 heavy (non-hydrogen) atoms. The quantitative estimate of drug-likeness (QED) is 0.151. The van der Waals surface area contributed by atoms with Crippen molar-refractivity contribution in [3.63, 3.8) is 0 Å². The number of aromatic nitrogens is 2. The van der Waals surface area contributed by atoms with Gasteiger partial charge in [-0.15, -0.1) is 0 Å². The van der Waals surface area contributed by atoms with E-state index in [1.165, 1.54) is 76.6 Å². The average Bonchev–Trinajstić information content (AvgIpc) is 4.12. The summed E-state index contributed by atoms with van der Waals surface area (Å²) < 4.78 is 34.6. The molecule has 4 heterocycles. The highest BCUT2D eigenvalue weighted by Crippen LogP contribution is 2.53. The maximum Gasteiger partial charge on any atom is 0.123 e. The number of nitrogens with zero attached hydrogens (tertiary/aromatic N) is 4. The minimum absolute atomic E-state index is 0.176. The zero-order valence-corrected chi connectivity index (χ0v) is 43.9. The van der Waals surface area contributed by atoms with Crippen LogP contribution < -0.4 is 9.80 Å². The summed E-state index contributed by atoms with van der Waals surface area (Å²) in [6.07, 6.45) is 0. The number of halogens is 2. The molecule has 0 fully saturated rings. The molecule has 0 saturated heterocycles. The summed E-state index contributed by atoms with van der Waals surface area (Å²) in [5, 5.41) is 9.42. The van der Waals surface area contributed by atoms with Gasteiger partial charge in [0.25, 0.3) is 0 Å². The van der Waals surface area contributed by atoms with Gasteiger partial charge in [0.2, 0.25) is 0 Å². The predicted octanol–water partition coefficient (Wildman–Crippen LogP) is 20.0. The van der Waals surface area contributed by atoms with Crippen LogP contribution in [-0.2, 0) is 10.8 Å². The van der Waals surface area contributed by atoms with E-state index in [0.29, 0.717) is 11.8 Å². The first-order valence-corrected chi connectivity index (χ1v) is 26.2. The first-order valence-electron chi connectivity index (χ1n) is 26.2. The number of benzene rings is 9. The van der Waals surface area contributed by atoms with E-state index in [-0.39, 0.29) is 22.5 Å². The fourth-order valence-corrected chi connectivity index (χ4v) is 12.3. The summed E-state index contributed by atoms with van der Waals surface area (Å²) in [7, 11) is 0. The molecular formula is C68H60F2N4. The molecule has 0 amide bonds. The molecule has 0 bridgehead atoms. The maximum absolute atomic E-state index is 14.7. The third-order valence-electron chi connectivity index (χ3n) is 15.9. The van der Waals surface area contributed by atoms with Crippen LogP contribution in [0.2, 0.25) is 0 Å². The van der Waals surface area contributed by atoms with Crippen molar-refractivity contribution in [2.45, 2.75) is 91.9 Å². The van der Waals surface area contributed by atoms with E-state index in [2.05, 4.69) is 209 Å². The molecule has 0 aliphatic carbocycles. The predicted molar refractivity (Wildman–Crippen MR) is 311 cm³/mol. The lowest BCUT2D eigenvalue weighted by atomic mass is 9.85. The average molecular weight is 971 g/mol. The van der Waals surface area contributed by atoms with Crippen LogP contribution in [-0.4, -0.2) is 8.80 Å². The van der Waals surface area contributed by atoms with Crippen LogP contribution in [0, 0.1) is 11.6 Å². The van der Waals surface area contributed by atoms with E-state index in [9.17, 15) is 8.78 Å². The van der Waals surface area contributed by atoms with Crippen molar-refractivity contribution in [1.29, 1.82) is 0 Å². The van der Waals surface area contributed by atoms with Crippen molar-refractivity contribution in [2.24, 2.45) is 0 Å². The van der Waals surface area contributed by atoms with Crippen LogP contribution in [0.1, 0.15) is 103 Å². The Morgan fingerprint density at radius 2 is 0.703 bits per heavy atom. The van der Waals surface area contributed by atoms with Crippen molar-refractivity contribution < 1.29 is 8.78 Å². The summed E-state index contributed by atoms with van der Waals surface area (Å²) in [4.78, 5) is 4.61. The molecule has 0 aliphatic heterocycles. The highest BCUT2D eigenvalue weighted by molar-refractivity contribution is 6.32. The first-order chi connectivity index (χ1) is 35.5. The number of para-hydroxylation sites is 2. The van der Waals surface area contributed by atoms with Crippen LogP contribution in [0.5, 0.6) is 0 Å². The highest BCUT2D eigenvalue weighted by Gasteiger charge is 2.32. The number of hydrogen-bond acceptors (Lipinski definition) is 2. The number of anilines is 6. The highest BCUT2D eigenvalue weighted by atomic mass is 19.1. The molecule has 0 aliphatic rings. The van der Waals surface area contributed by atoms with Crippen molar-refractivity contribution in [3.8, 4) is 0 Å². The fourth-order valence-electron chi connectivity index (χ4n) is 12.3. The molecule has 4 nitrogen and oxygen atoms in total. The van der Waals surface area contributed by atoms with Crippen molar-refractivity contribution >= 4 is 110 Å². The van der Waals surface area contributed by atoms with E-state index in [0.717, 1.165) is 55.9 Å². The monoisotopic (exact) mass is 970 g/mol. The lowest BCUT2D eigenvalue weighted by molar-refractivity contribution is 0.594. The van der Waals surface area contributed by atoms with Gasteiger partial charge in [0.05, 0.1) is 44.5 Å². The topological polar surface area (TPSA) is 15.3 Å². The molecule has 4 aromatic heterocycles. The Bertz CT molecular complexity index is 4030. The van der Waals surface area contributed by atoms with Crippen molar-refractivity contribution in [2.75, 3.05) is 9.80 Å². The third-order valence-corrected chi connectivity index (χ3v) is 15.9. The third kappa shape index (κ3) is 6.76. The zero-order chi connectivity index (χ0) is 51.3. The largest absolute Gasteiger partial charge is 0.310 e. The second-order valence-corrected chi connectivity index (χ2v) is 23.3. The van der Waals surface area contributed by atoms with Gasteiger partial charge in [-0.25, -0.2) is 8.78 Å². The standard InChI is InChI=1S/C68H60F2N4/c1-39(2)41-17-25-45(26-18-41)71(47-29-21-43(69)22-30-47)57-35-33-49-53-37-60-54(38-59(53)73-63-51(61(57)65(49)73)13-11-15-55(63)67(5,6)7)50-34-36-58(62-52-14-12-16-56(68(8,9)10)64(52)74(60)66(50)62)72(48-31-23-44(70)24-32-48)46-27-19-42(20-28-46)40(3)4/h11-40H,1-10H3. The van der Waals surface area contributed by atoms with Gasteiger partial charge in [-0.3, -0.25) is 0 Å². The van der Waals surface area contributed by atoms with Gasteiger partial charge in [-0.1, -0.05) is 142 Å². The Morgan fingerprint density at radius 3 is 1.03 bits per heavy atom. The molecule has 0 atom stereocenters. The van der Waals surface area contributed by atoms with Crippen molar-refractivity contribution in [3.05, 3.63) is 204 Å². The molecule has 0 N–H and O–H groups in total. The molecule has 366 valence electrons. The van der Waals surface area contributed by atoms with Gasteiger partial charge in [-0.05, 0) is 142 Å². The molecule has 13 aromatic rings. The number of fused-ring (bicyclic) bond motifs is 12. The molecule has 13 rings (SSSR count). The van der Waals surface area contributed by atoms with Crippen LogP contribution in [0.3, 0.4) is 0 Å². The molecule has 9 aromatic carbocycles. The van der Waals surface area contributed by atoms with Gasteiger partial charge in [0.1, 0.15) is 11.6 Å². The maximum atomic E-state index is 14.7. The fraction of sp³-hybridized carbons (Fsp3) is 0.206. The smallest absolute Gasteiger partial charge is 0.123 e.